The molecule has 4 aromatic rings. The van der Waals surface area contributed by atoms with Crippen molar-refractivity contribution in [2.75, 3.05) is 14.2 Å². The van der Waals surface area contributed by atoms with Crippen LogP contribution >= 0.6 is 11.3 Å². The molecule has 0 atom stereocenters. The van der Waals surface area contributed by atoms with Crippen LogP contribution in [0.5, 0.6) is 11.5 Å². The molecule has 1 amide bonds. The third kappa shape index (κ3) is 5.22. The summed E-state index contributed by atoms with van der Waals surface area (Å²) in [5.41, 5.74) is 1.70. The summed E-state index contributed by atoms with van der Waals surface area (Å²) in [7, 11) is 3.09. The van der Waals surface area contributed by atoms with Gasteiger partial charge >= 0.3 is 0 Å². The van der Waals surface area contributed by atoms with E-state index in [1.165, 1.54) is 11.7 Å². The maximum atomic E-state index is 13.5. The second kappa shape index (κ2) is 11.2. The number of nitriles is 1. The molecule has 8 heteroatoms. The fourth-order valence-corrected chi connectivity index (χ4v) is 4.72. The van der Waals surface area contributed by atoms with Gasteiger partial charge in [-0.3, -0.25) is 14.2 Å². The molecule has 0 aliphatic heterocycles. The van der Waals surface area contributed by atoms with Crippen molar-refractivity contribution in [1.82, 2.24) is 9.88 Å². The van der Waals surface area contributed by atoms with Crippen LogP contribution in [0.2, 0.25) is 0 Å². The largest absolute Gasteiger partial charge is 0.493 e. The first-order valence-corrected chi connectivity index (χ1v) is 11.8. The molecule has 1 N–H and O–H groups in total. The van der Waals surface area contributed by atoms with E-state index in [-0.39, 0.29) is 22.3 Å². The van der Waals surface area contributed by atoms with E-state index < -0.39 is 5.91 Å². The van der Waals surface area contributed by atoms with Crippen molar-refractivity contribution in [3.05, 3.63) is 110 Å². The van der Waals surface area contributed by atoms with Gasteiger partial charge in [0.2, 0.25) is 0 Å². The van der Waals surface area contributed by atoms with Gasteiger partial charge in [-0.2, -0.15) is 5.26 Å². The number of amides is 1. The van der Waals surface area contributed by atoms with Crippen molar-refractivity contribution in [2.45, 2.75) is 6.54 Å². The van der Waals surface area contributed by atoms with Gasteiger partial charge in [0.25, 0.3) is 11.5 Å². The van der Waals surface area contributed by atoms with Crippen molar-refractivity contribution in [3.8, 4) is 23.3 Å². The summed E-state index contributed by atoms with van der Waals surface area (Å²) in [5, 5.41) is 12.7. The lowest BCUT2D eigenvalue weighted by atomic mass is 10.2. The highest BCUT2D eigenvalue weighted by Crippen LogP contribution is 2.27. The monoisotopic (exact) mass is 497 g/mol. The molecule has 1 heterocycles. The highest BCUT2D eigenvalue weighted by atomic mass is 32.1. The number of nitrogens with zero attached hydrogens (tertiary/aromatic N) is 2. The zero-order chi connectivity index (χ0) is 25.5. The number of benzene rings is 3. The molecular weight excluding hydrogens is 474 g/mol. The Kier molecular flexibility index (Phi) is 7.63. The molecule has 7 nitrogen and oxygen atoms in total. The maximum absolute atomic E-state index is 13.5. The number of rotatable bonds is 7. The van der Waals surface area contributed by atoms with E-state index in [0.29, 0.717) is 27.3 Å². The van der Waals surface area contributed by atoms with E-state index in [1.54, 1.807) is 55.7 Å². The molecule has 0 bridgehead atoms. The predicted octanol–water partition coefficient (Wildman–Crippen LogP) is 2.74. The van der Waals surface area contributed by atoms with Gasteiger partial charge in [0.05, 0.1) is 24.4 Å². The molecule has 180 valence electrons. The Labute approximate surface area is 211 Å². The second-order valence-electron chi connectivity index (χ2n) is 7.66. The minimum absolute atomic E-state index is 0.135. The summed E-state index contributed by atoms with van der Waals surface area (Å²) in [6.07, 6.45) is 1.70. The lowest BCUT2D eigenvalue weighted by Gasteiger charge is -2.07. The van der Waals surface area contributed by atoms with Gasteiger partial charge in [-0.1, -0.05) is 54.6 Å². The molecular formula is C28H23N3O4S. The first-order chi connectivity index (χ1) is 17.5. The summed E-state index contributed by atoms with van der Waals surface area (Å²) in [5.74, 6) is 0.541. The van der Waals surface area contributed by atoms with Crippen LogP contribution in [-0.2, 0) is 11.3 Å². The zero-order valence-electron chi connectivity index (χ0n) is 19.7. The molecule has 0 fully saturated rings. The molecule has 0 saturated carbocycles. The minimum atomic E-state index is -0.551. The number of ether oxygens (including phenoxy) is 2. The second-order valence-corrected chi connectivity index (χ2v) is 8.69. The Hall–Kier alpha value is -4.61. The van der Waals surface area contributed by atoms with Crippen LogP contribution in [0.1, 0.15) is 11.1 Å². The molecule has 36 heavy (non-hydrogen) atoms. The number of carbonyl (C=O) groups is 1. The third-order valence-corrected chi connectivity index (χ3v) is 6.48. The van der Waals surface area contributed by atoms with Crippen LogP contribution < -0.4 is 29.5 Å². The lowest BCUT2D eigenvalue weighted by molar-refractivity contribution is -0.115. The Morgan fingerprint density at radius 3 is 2.31 bits per heavy atom. The smallest absolute Gasteiger partial charge is 0.273 e. The molecule has 4 rings (SSSR count). The van der Waals surface area contributed by atoms with E-state index in [9.17, 15) is 14.9 Å². The quantitative estimate of drug-likeness (QED) is 0.424. The van der Waals surface area contributed by atoms with E-state index in [4.69, 9.17) is 9.47 Å². The predicted molar refractivity (Wildman–Crippen MR) is 140 cm³/mol. The number of methoxy groups -OCH3 is 2. The fourth-order valence-electron chi connectivity index (χ4n) is 3.62. The number of para-hydroxylation sites is 1. The first kappa shape index (κ1) is 24.5. The minimum Gasteiger partial charge on any atom is -0.493 e. The summed E-state index contributed by atoms with van der Waals surface area (Å²) in [6, 6.07) is 25.7. The van der Waals surface area contributed by atoms with Crippen LogP contribution in [0.3, 0.4) is 0 Å². The van der Waals surface area contributed by atoms with Crippen molar-refractivity contribution in [1.29, 1.82) is 5.26 Å². The van der Waals surface area contributed by atoms with Crippen molar-refractivity contribution < 1.29 is 14.3 Å². The van der Waals surface area contributed by atoms with Gasteiger partial charge in [-0.25, -0.2) is 0 Å². The average Bonchev–Trinajstić information content (AvgIpc) is 3.23. The Balaban J connectivity index is 1.88. The molecule has 3 aromatic carbocycles. The highest BCUT2D eigenvalue weighted by Gasteiger charge is 2.17. The number of hydrogen-bond donors (Lipinski definition) is 1. The molecule has 0 unspecified atom stereocenters. The molecule has 0 aliphatic carbocycles. The molecule has 0 saturated heterocycles. The number of hydrogen-bond acceptors (Lipinski definition) is 6. The van der Waals surface area contributed by atoms with Gasteiger partial charge in [0, 0.05) is 6.54 Å². The number of nitrogens with one attached hydrogen (secondary N) is 1. The average molecular weight is 498 g/mol. The SMILES string of the molecule is COc1ccc(C=c2sc(=C(C#N)C(=O)NCc3ccccc3)n(-c3ccccc3)c2=O)cc1OC. The van der Waals surface area contributed by atoms with Gasteiger partial charge in [0.1, 0.15) is 10.7 Å². The van der Waals surface area contributed by atoms with Gasteiger partial charge < -0.3 is 14.8 Å². The van der Waals surface area contributed by atoms with E-state index in [0.717, 1.165) is 16.9 Å². The zero-order valence-corrected chi connectivity index (χ0v) is 20.5. The Morgan fingerprint density at radius 1 is 1.00 bits per heavy atom. The fraction of sp³-hybridized carbons (Fsp3) is 0.107. The van der Waals surface area contributed by atoms with E-state index in [2.05, 4.69) is 5.32 Å². The van der Waals surface area contributed by atoms with Gasteiger partial charge in [-0.15, -0.1) is 11.3 Å². The molecule has 1 aromatic heterocycles. The molecule has 0 radical (unpaired) electrons. The third-order valence-electron chi connectivity index (χ3n) is 5.39. The van der Waals surface area contributed by atoms with Crippen LogP contribution in [-0.4, -0.2) is 24.7 Å². The van der Waals surface area contributed by atoms with Crippen LogP contribution in [0.4, 0.5) is 0 Å². The number of carbonyl (C=O) groups excluding carboxylic acids is 1. The summed E-state index contributed by atoms with van der Waals surface area (Å²) in [4.78, 5) is 26.6. The van der Waals surface area contributed by atoms with E-state index >= 15 is 0 Å². The lowest BCUT2D eigenvalue weighted by Crippen LogP contribution is -2.33. The van der Waals surface area contributed by atoms with Crippen molar-refractivity contribution >= 4 is 28.9 Å². The van der Waals surface area contributed by atoms with Crippen LogP contribution in [0.25, 0.3) is 17.3 Å². The van der Waals surface area contributed by atoms with Gasteiger partial charge in [-0.05, 0) is 41.5 Å². The van der Waals surface area contributed by atoms with Gasteiger partial charge in [0.15, 0.2) is 17.1 Å². The van der Waals surface area contributed by atoms with Crippen molar-refractivity contribution in [2.24, 2.45) is 0 Å². The number of aromatic nitrogens is 1. The standard InChI is InChI=1S/C28H23N3O4S/c1-34-23-14-13-20(15-24(23)35-2)16-25-27(33)31(21-11-7-4-8-12-21)28(36-25)22(17-29)26(32)30-18-19-9-5-3-6-10-19/h3-16H,18H2,1-2H3,(H,30,32). The van der Waals surface area contributed by atoms with E-state index in [1.807, 2.05) is 42.5 Å². The topological polar surface area (TPSA) is 93.4 Å². The first-order valence-electron chi connectivity index (χ1n) is 11.0. The number of thiazole rings is 1. The Morgan fingerprint density at radius 2 is 1.67 bits per heavy atom. The van der Waals surface area contributed by atoms with Crippen LogP contribution in [0, 0.1) is 11.3 Å². The summed E-state index contributed by atoms with van der Waals surface area (Å²) < 4.78 is 12.7. The summed E-state index contributed by atoms with van der Waals surface area (Å²) in [6.45, 7) is 0.260. The normalized spacial score (nSPS) is 12.0. The Bertz CT molecular complexity index is 1600. The maximum Gasteiger partial charge on any atom is 0.273 e. The molecule has 0 spiro atoms. The molecule has 0 aliphatic rings. The van der Waals surface area contributed by atoms with Crippen molar-refractivity contribution in [3.63, 3.8) is 0 Å². The van der Waals surface area contributed by atoms with Crippen LogP contribution in [0.15, 0.2) is 83.7 Å². The summed E-state index contributed by atoms with van der Waals surface area (Å²) >= 11 is 1.08. The highest BCUT2D eigenvalue weighted by molar-refractivity contribution is 7.07.